The van der Waals surface area contributed by atoms with Gasteiger partial charge in [-0.25, -0.2) is 0 Å². The van der Waals surface area contributed by atoms with Gasteiger partial charge in [0.1, 0.15) is 5.54 Å². The van der Waals surface area contributed by atoms with Gasteiger partial charge in [-0.3, -0.25) is 5.32 Å². The van der Waals surface area contributed by atoms with Crippen LogP contribution >= 0.6 is 0 Å². The third-order valence-corrected chi connectivity index (χ3v) is 3.56. The van der Waals surface area contributed by atoms with Gasteiger partial charge in [-0.15, -0.1) is 0 Å². The highest BCUT2D eigenvalue weighted by molar-refractivity contribution is 5.11. The maximum Gasteiger partial charge on any atom is 0.391 e. The molecule has 5 heteroatoms. The lowest BCUT2D eigenvalue weighted by atomic mass is 9.75. The smallest absolute Gasteiger partial charge is 0.297 e. The molecule has 2 nitrogen and oxygen atoms in total. The summed E-state index contributed by atoms with van der Waals surface area (Å²) in [5.41, 5.74) is -0.992. The lowest BCUT2D eigenvalue weighted by molar-refractivity contribution is -0.186. The highest BCUT2D eigenvalue weighted by atomic mass is 19.4. The van der Waals surface area contributed by atoms with Crippen LogP contribution in [0, 0.1) is 17.2 Å². The molecule has 0 spiro atoms. The Balaban J connectivity index is 2.76. The lowest BCUT2D eigenvalue weighted by Crippen LogP contribution is -2.52. The van der Waals surface area contributed by atoms with E-state index in [1.165, 1.54) is 0 Å². The van der Waals surface area contributed by atoms with E-state index >= 15 is 0 Å². The molecule has 0 radical (unpaired) electrons. The van der Waals surface area contributed by atoms with E-state index in [1.807, 2.05) is 13.8 Å². The Labute approximate surface area is 100 Å². The average Bonchev–Trinajstić information content (AvgIpc) is 2.28. The van der Waals surface area contributed by atoms with E-state index in [1.54, 1.807) is 0 Å². The number of alkyl halides is 3. The van der Waals surface area contributed by atoms with E-state index in [9.17, 15) is 18.4 Å². The predicted molar refractivity (Wildman–Crippen MR) is 59.2 cm³/mol. The Hall–Kier alpha value is -0.760. The van der Waals surface area contributed by atoms with Crippen molar-refractivity contribution in [3.8, 4) is 6.07 Å². The third-order valence-electron chi connectivity index (χ3n) is 3.56. The second kappa shape index (κ2) is 5.26. The van der Waals surface area contributed by atoms with Crippen LogP contribution in [0.1, 0.15) is 46.0 Å². The normalized spacial score (nSPS) is 31.9. The van der Waals surface area contributed by atoms with E-state index in [4.69, 9.17) is 0 Å². The Bertz CT molecular complexity index is 295. The van der Waals surface area contributed by atoms with Gasteiger partial charge in [0.15, 0.2) is 0 Å². The van der Waals surface area contributed by atoms with Crippen LogP contribution in [0.4, 0.5) is 13.2 Å². The molecule has 0 aromatic rings. The van der Waals surface area contributed by atoms with Crippen LogP contribution < -0.4 is 5.32 Å². The van der Waals surface area contributed by atoms with Crippen molar-refractivity contribution in [2.45, 2.75) is 63.7 Å². The minimum atomic E-state index is -4.18. The van der Waals surface area contributed by atoms with Gasteiger partial charge in [0, 0.05) is 6.04 Å². The molecule has 1 aliphatic carbocycles. The summed E-state index contributed by atoms with van der Waals surface area (Å²) in [6, 6.07) is 2.14. The molecule has 98 valence electrons. The molecule has 3 unspecified atom stereocenters. The maximum atomic E-state index is 12.7. The first kappa shape index (κ1) is 14.3. The van der Waals surface area contributed by atoms with Crippen LogP contribution in [-0.4, -0.2) is 17.8 Å². The molecule has 0 bridgehead atoms. The van der Waals surface area contributed by atoms with Crippen molar-refractivity contribution >= 4 is 0 Å². The largest absolute Gasteiger partial charge is 0.391 e. The zero-order chi connectivity index (χ0) is 13.1. The number of nitriles is 1. The first-order valence-electron chi connectivity index (χ1n) is 6.08. The number of nitrogens with zero attached hydrogens (tertiary/aromatic N) is 1. The van der Waals surface area contributed by atoms with E-state index in [0.717, 1.165) is 6.42 Å². The fourth-order valence-electron chi connectivity index (χ4n) is 2.39. The monoisotopic (exact) mass is 248 g/mol. The van der Waals surface area contributed by atoms with E-state index in [-0.39, 0.29) is 18.9 Å². The molecule has 17 heavy (non-hydrogen) atoms. The van der Waals surface area contributed by atoms with E-state index < -0.39 is 17.6 Å². The van der Waals surface area contributed by atoms with Crippen LogP contribution in [0.15, 0.2) is 0 Å². The molecule has 0 aliphatic heterocycles. The molecule has 1 rings (SSSR count). The third kappa shape index (κ3) is 3.60. The summed E-state index contributed by atoms with van der Waals surface area (Å²) < 4.78 is 38.1. The highest BCUT2D eigenvalue weighted by Gasteiger charge is 2.48. The van der Waals surface area contributed by atoms with Crippen LogP contribution in [0.25, 0.3) is 0 Å². The predicted octanol–water partition coefficient (Wildman–Crippen LogP) is 3.39. The SMILES string of the molecule is CCC(C)NC1(C#N)CCCC(C(F)(F)F)C1. The minimum Gasteiger partial charge on any atom is -0.297 e. The number of rotatable bonds is 3. The van der Waals surface area contributed by atoms with Crippen molar-refractivity contribution in [1.82, 2.24) is 5.32 Å². The van der Waals surface area contributed by atoms with Crippen LogP contribution in [0.2, 0.25) is 0 Å². The van der Waals surface area contributed by atoms with Gasteiger partial charge in [0.2, 0.25) is 0 Å². The van der Waals surface area contributed by atoms with Gasteiger partial charge in [-0.1, -0.05) is 6.92 Å². The summed E-state index contributed by atoms with van der Waals surface area (Å²) in [5.74, 6) is -1.34. The molecule has 1 saturated carbocycles. The second-order valence-corrected chi connectivity index (χ2v) is 4.98. The van der Waals surface area contributed by atoms with Crippen LogP contribution in [0.3, 0.4) is 0 Å². The van der Waals surface area contributed by atoms with Crippen LogP contribution in [0.5, 0.6) is 0 Å². The molecular formula is C12H19F3N2. The summed E-state index contributed by atoms with van der Waals surface area (Å²) in [6.07, 6.45) is -2.37. The van der Waals surface area contributed by atoms with Gasteiger partial charge < -0.3 is 0 Å². The summed E-state index contributed by atoms with van der Waals surface area (Å²) in [6.45, 7) is 3.85. The molecule has 1 fully saturated rings. The zero-order valence-electron chi connectivity index (χ0n) is 10.3. The summed E-state index contributed by atoms with van der Waals surface area (Å²) >= 11 is 0. The Morgan fingerprint density at radius 3 is 2.65 bits per heavy atom. The number of halogens is 3. The molecule has 0 amide bonds. The average molecular weight is 248 g/mol. The number of hydrogen-bond donors (Lipinski definition) is 1. The summed E-state index contributed by atoms with van der Waals surface area (Å²) in [4.78, 5) is 0. The molecule has 0 saturated heterocycles. The van der Waals surface area contributed by atoms with Crippen molar-refractivity contribution in [3.05, 3.63) is 0 Å². The molecular weight excluding hydrogens is 229 g/mol. The number of nitrogens with one attached hydrogen (secondary N) is 1. The Morgan fingerprint density at radius 1 is 1.53 bits per heavy atom. The van der Waals surface area contributed by atoms with Gasteiger partial charge >= 0.3 is 6.18 Å². The number of hydrogen-bond acceptors (Lipinski definition) is 2. The first-order valence-corrected chi connectivity index (χ1v) is 6.08. The zero-order valence-corrected chi connectivity index (χ0v) is 10.3. The summed E-state index contributed by atoms with van der Waals surface area (Å²) in [7, 11) is 0. The standard InChI is InChI=1S/C12H19F3N2/c1-3-9(2)17-11(8-16)6-4-5-10(7-11)12(13,14)15/h9-10,17H,3-7H2,1-2H3. The molecule has 0 heterocycles. The fraction of sp³-hybridized carbons (Fsp3) is 0.917. The fourth-order valence-corrected chi connectivity index (χ4v) is 2.39. The van der Waals surface area contributed by atoms with Crippen molar-refractivity contribution < 1.29 is 13.2 Å². The Morgan fingerprint density at radius 2 is 2.18 bits per heavy atom. The van der Waals surface area contributed by atoms with Crippen LogP contribution in [-0.2, 0) is 0 Å². The molecule has 0 aromatic carbocycles. The van der Waals surface area contributed by atoms with E-state index in [0.29, 0.717) is 12.8 Å². The van der Waals surface area contributed by atoms with Crippen molar-refractivity contribution in [1.29, 1.82) is 5.26 Å². The lowest BCUT2D eigenvalue weighted by Gasteiger charge is -2.38. The van der Waals surface area contributed by atoms with Gasteiger partial charge in [-0.05, 0) is 39.0 Å². The highest BCUT2D eigenvalue weighted by Crippen LogP contribution is 2.41. The Kier molecular flexibility index (Phi) is 4.42. The maximum absolute atomic E-state index is 12.7. The molecule has 3 atom stereocenters. The molecule has 1 aliphatic rings. The van der Waals surface area contributed by atoms with Crippen molar-refractivity contribution in [2.75, 3.05) is 0 Å². The van der Waals surface area contributed by atoms with Crippen molar-refractivity contribution in [2.24, 2.45) is 5.92 Å². The molecule has 1 N–H and O–H groups in total. The molecule has 0 aromatic heterocycles. The van der Waals surface area contributed by atoms with Gasteiger partial charge in [0.05, 0.1) is 12.0 Å². The van der Waals surface area contributed by atoms with Crippen molar-refractivity contribution in [3.63, 3.8) is 0 Å². The van der Waals surface area contributed by atoms with Gasteiger partial charge in [0.25, 0.3) is 0 Å². The quantitative estimate of drug-likeness (QED) is 0.831. The second-order valence-electron chi connectivity index (χ2n) is 4.98. The van der Waals surface area contributed by atoms with Gasteiger partial charge in [-0.2, -0.15) is 18.4 Å². The topological polar surface area (TPSA) is 35.8 Å². The van der Waals surface area contributed by atoms with E-state index in [2.05, 4.69) is 11.4 Å². The minimum absolute atomic E-state index is 0.0710. The first-order chi connectivity index (χ1) is 7.83. The summed E-state index contributed by atoms with van der Waals surface area (Å²) in [5, 5.41) is 12.3.